The van der Waals surface area contributed by atoms with Crippen molar-refractivity contribution in [2.75, 3.05) is 19.8 Å². The molecule has 0 aliphatic carbocycles. The summed E-state index contributed by atoms with van der Waals surface area (Å²) in [6, 6.07) is 3.10. The Kier molecular flexibility index (Phi) is 4.44. The van der Waals surface area contributed by atoms with Gasteiger partial charge >= 0.3 is 5.97 Å². The molecule has 6 nitrogen and oxygen atoms in total. The monoisotopic (exact) mass is 280 g/mol. The molecule has 1 amide bonds. The lowest BCUT2D eigenvalue weighted by Crippen LogP contribution is -2.40. The summed E-state index contributed by atoms with van der Waals surface area (Å²) in [6.07, 6.45) is 3.45. The highest BCUT2D eigenvalue weighted by Gasteiger charge is 2.27. The highest BCUT2D eigenvalue weighted by Crippen LogP contribution is 2.28. The molecule has 1 aromatic rings. The first-order valence-corrected chi connectivity index (χ1v) is 6.73. The Morgan fingerprint density at radius 2 is 2.15 bits per heavy atom. The summed E-state index contributed by atoms with van der Waals surface area (Å²) in [5.41, 5.74) is 0.192. The van der Waals surface area contributed by atoms with E-state index in [0.29, 0.717) is 6.54 Å². The van der Waals surface area contributed by atoms with Crippen LogP contribution >= 0.6 is 0 Å². The zero-order chi connectivity index (χ0) is 14.6. The highest BCUT2D eigenvalue weighted by atomic mass is 16.5. The Labute approximate surface area is 117 Å². The quantitative estimate of drug-likeness (QED) is 0.847. The molecule has 0 saturated carbocycles. The second kappa shape index (κ2) is 6.09. The van der Waals surface area contributed by atoms with Crippen LogP contribution in [0.2, 0.25) is 0 Å². The minimum Gasteiger partial charge on any atom is -0.477 e. The van der Waals surface area contributed by atoms with Gasteiger partial charge in [0.15, 0.2) is 0 Å². The summed E-state index contributed by atoms with van der Waals surface area (Å²) < 4.78 is 6.75. The van der Waals surface area contributed by atoms with Crippen molar-refractivity contribution in [3.8, 4) is 0 Å². The fraction of sp³-hybridized carbons (Fsp3) is 0.571. The Morgan fingerprint density at radius 3 is 2.80 bits per heavy atom. The molecule has 110 valence electrons. The van der Waals surface area contributed by atoms with Crippen LogP contribution in [0.1, 0.15) is 30.3 Å². The van der Waals surface area contributed by atoms with Crippen molar-refractivity contribution in [3.63, 3.8) is 0 Å². The Balaban J connectivity index is 1.86. The van der Waals surface area contributed by atoms with Crippen LogP contribution in [-0.4, -0.2) is 41.3 Å². The second-order valence-electron chi connectivity index (χ2n) is 5.53. The molecule has 0 unspecified atom stereocenters. The smallest absolute Gasteiger partial charge is 0.352 e. The molecule has 1 aromatic heterocycles. The van der Waals surface area contributed by atoms with Crippen LogP contribution in [0.5, 0.6) is 0 Å². The van der Waals surface area contributed by atoms with Gasteiger partial charge < -0.3 is 19.7 Å². The normalized spacial score (nSPS) is 17.6. The van der Waals surface area contributed by atoms with Gasteiger partial charge in [0, 0.05) is 26.0 Å². The molecular formula is C14H20N2O4. The van der Waals surface area contributed by atoms with Gasteiger partial charge in [0.2, 0.25) is 5.91 Å². The number of hydrogen-bond acceptors (Lipinski definition) is 3. The highest BCUT2D eigenvalue weighted by molar-refractivity contribution is 5.86. The molecule has 1 saturated heterocycles. The molecule has 2 N–H and O–H groups in total. The fourth-order valence-electron chi connectivity index (χ4n) is 2.31. The number of carbonyl (C=O) groups is 2. The maximum Gasteiger partial charge on any atom is 0.352 e. The van der Waals surface area contributed by atoms with Crippen molar-refractivity contribution in [1.29, 1.82) is 0 Å². The lowest BCUT2D eigenvalue weighted by atomic mass is 9.82. The third-order valence-corrected chi connectivity index (χ3v) is 3.77. The number of nitrogens with zero attached hydrogens (tertiary/aromatic N) is 1. The number of carboxylic acids is 1. The van der Waals surface area contributed by atoms with E-state index in [1.54, 1.807) is 12.3 Å². The molecule has 1 aliphatic rings. The van der Waals surface area contributed by atoms with E-state index >= 15 is 0 Å². The summed E-state index contributed by atoms with van der Waals surface area (Å²) in [6.45, 7) is 4.22. The molecule has 0 radical (unpaired) electrons. The molecule has 6 heteroatoms. The average Bonchev–Trinajstić information content (AvgIpc) is 2.86. The van der Waals surface area contributed by atoms with E-state index in [-0.39, 0.29) is 23.6 Å². The number of amides is 1. The second-order valence-corrected chi connectivity index (χ2v) is 5.53. The number of carboxylic acid groups (broad SMARTS) is 1. The van der Waals surface area contributed by atoms with Crippen LogP contribution in [0.15, 0.2) is 18.3 Å². The average molecular weight is 280 g/mol. The van der Waals surface area contributed by atoms with Gasteiger partial charge in [-0.15, -0.1) is 0 Å². The van der Waals surface area contributed by atoms with Crippen molar-refractivity contribution in [2.45, 2.75) is 26.3 Å². The minimum atomic E-state index is -1.03. The van der Waals surface area contributed by atoms with E-state index in [2.05, 4.69) is 12.2 Å². The minimum absolute atomic E-state index is 0.0290. The predicted octanol–water partition coefficient (Wildman–Crippen LogP) is 1.12. The molecule has 2 rings (SSSR count). The standard InChI is InChI=1S/C14H20N2O4/c1-14(4-7-20-8-5-14)10-15-12(17)9-16-6-2-3-11(16)13(18)19/h2-3,6H,4-5,7-10H2,1H3,(H,15,17)(H,18,19). The number of ether oxygens (including phenoxy) is 1. The predicted molar refractivity (Wildman–Crippen MR) is 72.6 cm³/mol. The summed E-state index contributed by atoms with van der Waals surface area (Å²) >= 11 is 0. The van der Waals surface area contributed by atoms with Gasteiger partial charge in [0.25, 0.3) is 0 Å². The maximum atomic E-state index is 11.9. The first-order chi connectivity index (χ1) is 9.50. The summed E-state index contributed by atoms with van der Waals surface area (Å²) in [7, 11) is 0. The topological polar surface area (TPSA) is 80.6 Å². The lowest BCUT2D eigenvalue weighted by molar-refractivity contribution is -0.122. The van der Waals surface area contributed by atoms with Crippen LogP contribution in [0.3, 0.4) is 0 Å². The molecule has 0 spiro atoms. The maximum absolute atomic E-state index is 11.9. The van der Waals surface area contributed by atoms with E-state index < -0.39 is 5.97 Å². The van der Waals surface area contributed by atoms with Crippen LogP contribution in [0.4, 0.5) is 0 Å². The van der Waals surface area contributed by atoms with E-state index in [0.717, 1.165) is 26.1 Å². The molecule has 2 heterocycles. The molecule has 20 heavy (non-hydrogen) atoms. The molecule has 0 aromatic carbocycles. The molecule has 1 aliphatic heterocycles. The fourth-order valence-corrected chi connectivity index (χ4v) is 2.31. The van der Waals surface area contributed by atoms with E-state index in [4.69, 9.17) is 9.84 Å². The zero-order valence-corrected chi connectivity index (χ0v) is 11.6. The van der Waals surface area contributed by atoms with E-state index in [9.17, 15) is 9.59 Å². The molecule has 0 bridgehead atoms. The summed E-state index contributed by atoms with van der Waals surface area (Å²) in [4.78, 5) is 22.9. The van der Waals surface area contributed by atoms with Gasteiger partial charge in [-0.25, -0.2) is 4.79 Å². The van der Waals surface area contributed by atoms with Gasteiger partial charge in [0.05, 0.1) is 0 Å². The summed E-state index contributed by atoms with van der Waals surface area (Å²) in [5.74, 6) is -1.20. The Bertz CT molecular complexity index is 489. The molecule has 0 atom stereocenters. The van der Waals surface area contributed by atoms with Gasteiger partial charge in [-0.3, -0.25) is 4.79 Å². The lowest BCUT2D eigenvalue weighted by Gasteiger charge is -2.33. The first kappa shape index (κ1) is 14.6. The van der Waals surface area contributed by atoms with Gasteiger partial charge in [-0.1, -0.05) is 6.92 Å². The number of aromatic carboxylic acids is 1. The SMILES string of the molecule is CC1(CNC(=O)Cn2cccc2C(=O)O)CCOCC1. The van der Waals surface area contributed by atoms with E-state index in [1.165, 1.54) is 10.6 Å². The van der Waals surface area contributed by atoms with Crippen molar-refractivity contribution < 1.29 is 19.4 Å². The third kappa shape index (κ3) is 3.60. The number of carbonyl (C=O) groups excluding carboxylic acids is 1. The number of nitrogens with one attached hydrogen (secondary N) is 1. The van der Waals surface area contributed by atoms with Gasteiger partial charge in [-0.05, 0) is 30.4 Å². The van der Waals surface area contributed by atoms with Gasteiger partial charge in [-0.2, -0.15) is 0 Å². The number of rotatable bonds is 5. The van der Waals surface area contributed by atoms with Crippen LogP contribution in [-0.2, 0) is 16.1 Å². The summed E-state index contributed by atoms with van der Waals surface area (Å²) in [5, 5.41) is 11.9. The zero-order valence-electron chi connectivity index (χ0n) is 11.6. The van der Waals surface area contributed by atoms with Crippen LogP contribution in [0, 0.1) is 5.41 Å². The van der Waals surface area contributed by atoms with Crippen molar-refractivity contribution in [3.05, 3.63) is 24.0 Å². The van der Waals surface area contributed by atoms with Crippen LogP contribution in [0.25, 0.3) is 0 Å². The Hall–Kier alpha value is -1.82. The Morgan fingerprint density at radius 1 is 1.45 bits per heavy atom. The third-order valence-electron chi connectivity index (χ3n) is 3.77. The molecular weight excluding hydrogens is 260 g/mol. The van der Waals surface area contributed by atoms with Gasteiger partial charge in [0.1, 0.15) is 12.2 Å². The van der Waals surface area contributed by atoms with Crippen molar-refractivity contribution >= 4 is 11.9 Å². The number of hydrogen-bond donors (Lipinski definition) is 2. The van der Waals surface area contributed by atoms with E-state index in [1.807, 2.05) is 0 Å². The number of aromatic nitrogens is 1. The largest absolute Gasteiger partial charge is 0.477 e. The molecule has 1 fully saturated rings. The van der Waals surface area contributed by atoms with Crippen molar-refractivity contribution in [1.82, 2.24) is 9.88 Å². The van der Waals surface area contributed by atoms with Crippen molar-refractivity contribution in [2.24, 2.45) is 5.41 Å². The first-order valence-electron chi connectivity index (χ1n) is 6.73. The van der Waals surface area contributed by atoms with Crippen LogP contribution < -0.4 is 5.32 Å².